The monoisotopic (exact) mass is 339 g/mol. The van der Waals surface area contributed by atoms with E-state index in [0.717, 1.165) is 19.3 Å². The fourth-order valence-corrected chi connectivity index (χ4v) is 3.04. The van der Waals surface area contributed by atoms with Gasteiger partial charge in [-0.3, -0.25) is 9.59 Å². The van der Waals surface area contributed by atoms with Gasteiger partial charge in [0.2, 0.25) is 5.91 Å². The molecule has 1 N–H and O–H groups in total. The number of hydrogen-bond donors (Lipinski definition) is 1. The SMILES string of the molecule is CN(CC(=O)N1CCNCC1)C(=O)c1cccc(S(C)(=O)=O)c1. The fraction of sp³-hybridized carbons (Fsp3) is 0.467. The lowest BCUT2D eigenvalue weighted by molar-refractivity contribution is -0.132. The summed E-state index contributed by atoms with van der Waals surface area (Å²) in [7, 11) is -1.84. The topological polar surface area (TPSA) is 86.8 Å². The molecule has 1 saturated heterocycles. The molecule has 0 aliphatic carbocycles. The number of hydrogen-bond acceptors (Lipinski definition) is 5. The molecule has 0 bridgehead atoms. The highest BCUT2D eigenvalue weighted by Gasteiger charge is 2.21. The van der Waals surface area contributed by atoms with E-state index in [1.165, 1.54) is 30.1 Å². The summed E-state index contributed by atoms with van der Waals surface area (Å²) in [6.45, 7) is 2.73. The number of sulfone groups is 1. The summed E-state index contributed by atoms with van der Waals surface area (Å²) in [5.41, 5.74) is 0.253. The fourth-order valence-electron chi connectivity index (χ4n) is 2.37. The third kappa shape index (κ3) is 4.52. The van der Waals surface area contributed by atoms with Gasteiger partial charge in [-0.1, -0.05) is 6.07 Å². The number of likely N-dealkylation sites (N-methyl/N-ethyl adjacent to an activating group) is 1. The minimum Gasteiger partial charge on any atom is -0.339 e. The summed E-state index contributed by atoms with van der Waals surface area (Å²) in [5, 5.41) is 3.16. The van der Waals surface area contributed by atoms with Crippen LogP contribution in [0.4, 0.5) is 0 Å². The van der Waals surface area contributed by atoms with Crippen LogP contribution in [0.2, 0.25) is 0 Å². The lowest BCUT2D eigenvalue weighted by Crippen LogP contribution is -2.49. The zero-order valence-electron chi connectivity index (χ0n) is 13.3. The van der Waals surface area contributed by atoms with E-state index in [1.54, 1.807) is 11.0 Å². The first-order valence-corrected chi connectivity index (χ1v) is 9.22. The molecule has 23 heavy (non-hydrogen) atoms. The Morgan fingerprint density at radius 1 is 1.26 bits per heavy atom. The van der Waals surface area contributed by atoms with Crippen molar-refractivity contribution < 1.29 is 18.0 Å². The number of rotatable bonds is 4. The normalized spacial score (nSPS) is 15.3. The molecular weight excluding hydrogens is 318 g/mol. The lowest BCUT2D eigenvalue weighted by atomic mass is 10.2. The van der Waals surface area contributed by atoms with E-state index < -0.39 is 9.84 Å². The number of carbonyl (C=O) groups excluding carboxylic acids is 2. The Bertz CT molecular complexity index is 696. The largest absolute Gasteiger partial charge is 0.339 e. The molecule has 0 atom stereocenters. The van der Waals surface area contributed by atoms with E-state index in [9.17, 15) is 18.0 Å². The van der Waals surface area contributed by atoms with Crippen LogP contribution in [0.25, 0.3) is 0 Å². The molecule has 2 amide bonds. The van der Waals surface area contributed by atoms with Crippen molar-refractivity contribution in [2.24, 2.45) is 0 Å². The van der Waals surface area contributed by atoms with E-state index in [0.29, 0.717) is 13.1 Å². The van der Waals surface area contributed by atoms with Crippen LogP contribution < -0.4 is 5.32 Å². The van der Waals surface area contributed by atoms with E-state index in [1.807, 2.05) is 0 Å². The Hall–Kier alpha value is -1.93. The first kappa shape index (κ1) is 17.4. The Morgan fingerprint density at radius 2 is 1.91 bits per heavy atom. The molecule has 126 valence electrons. The molecule has 2 rings (SSSR count). The first-order chi connectivity index (χ1) is 10.8. The molecule has 1 heterocycles. The van der Waals surface area contributed by atoms with Gasteiger partial charge in [0, 0.05) is 45.0 Å². The van der Waals surface area contributed by atoms with Crippen LogP contribution in [0.5, 0.6) is 0 Å². The van der Waals surface area contributed by atoms with Crippen LogP contribution in [0.3, 0.4) is 0 Å². The van der Waals surface area contributed by atoms with Crippen molar-refractivity contribution in [3.05, 3.63) is 29.8 Å². The van der Waals surface area contributed by atoms with Crippen LogP contribution in [-0.2, 0) is 14.6 Å². The summed E-state index contributed by atoms with van der Waals surface area (Å²) >= 11 is 0. The van der Waals surface area contributed by atoms with Crippen molar-refractivity contribution in [2.45, 2.75) is 4.90 Å². The number of nitrogens with one attached hydrogen (secondary N) is 1. The van der Waals surface area contributed by atoms with Gasteiger partial charge in [-0.25, -0.2) is 8.42 Å². The predicted octanol–water partition coefficient (Wildman–Crippen LogP) is -0.406. The molecule has 8 heteroatoms. The molecule has 0 unspecified atom stereocenters. The van der Waals surface area contributed by atoms with Crippen LogP contribution in [0.15, 0.2) is 29.2 Å². The number of benzene rings is 1. The Balaban J connectivity index is 2.06. The molecule has 1 fully saturated rings. The zero-order chi connectivity index (χ0) is 17.0. The Kier molecular flexibility index (Phi) is 5.38. The molecular formula is C15H21N3O4S. The number of carbonyl (C=O) groups is 2. The van der Waals surface area contributed by atoms with Crippen molar-refractivity contribution in [1.82, 2.24) is 15.1 Å². The van der Waals surface area contributed by atoms with Gasteiger partial charge in [0.05, 0.1) is 11.4 Å². The van der Waals surface area contributed by atoms with E-state index in [4.69, 9.17) is 0 Å². The number of amides is 2. The average Bonchev–Trinajstić information content (AvgIpc) is 2.54. The third-order valence-electron chi connectivity index (χ3n) is 3.70. The number of piperazine rings is 1. The highest BCUT2D eigenvalue weighted by molar-refractivity contribution is 7.90. The molecule has 0 saturated carbocycles. The molecule has 0 radical (unpaired) electrons. The predicted molar refractivity (Wildman–Crippen MR) is 86.0 cm³/mol. The maximum Gasteiger partial charge on any atom is 0.254 e. The van der Waals surface area contributed by atoms with Gasteiger partial charge in [-0.15, -0.1) is 0 Å². The van der Waals surface area contributed by atoms with Gasteiger partial charge < -0.3 is 15.1 Å². The number of nitrogens with zero attached hydrogens (tertiary/aromatic N) is 2. The lowest BCUT2D eigenvalue weighted by Gasteiger charge is -2.29. The van der Waals surface area contributed by atoms with Crippen molar-refractivity contribution in [3.8, 4) is 0 Å². The quantitative estimate of drug-likeness (QED) is 0.806. The molecule has 1 aliphatic rings. The van der Waals surface area contributed by atoms with Crippen molar-refractivity contribution in [1.29, 1.82) is 0 Å². The van der Waals surface area contributed by atoms with Gasteiger partial charge in [0.15, 0.2) is 9.84 Å². The minimum atomic E-state index is -3.38. The summed E-state index contributed by atoms with van der Waals surface area (Å²) in [6, 6.07) is 5.85. The molecule has 1 aromatic rings. The highest BCUT2D eigenvalue weighted by Crippen LogP contribution is 2.13. The maximum atomic E-state index is 12.4. The average molecular weight is 339 g/mol. The Morgan fingerprint density at radius 3 is 2.52 bits per heavy atom. The van der Waals surface area contributed by atoms with E-state index in [-0.39, 0.29) is 28.8 Å². The van der Waals surface area contributed by atoms with Gasteiger partial charge in [-0.05, 0) is 18.2 Å². The van der Waals surface area contributed by atoms with E-state index in [2.05, 4.69) is 5.32 Å². The summed E-state index contributed by atoms with van der Waals surface area (Å²) in [6.07, 6.45) is 1.09. The van der Waals surface area contributed by atoms with Crippen LogP contribution in [0.1, 0.15) is 10.4 Å². The van der Waals surface area contributed by atoms with Gasteiger partial charge in [0.25, 0.3) is 5.91 Å². The molecule has 1 aliphatic heterocycles. The van der Waals surface area contributed by atoms with Gasteiger partial charge in [-0.2, -0.15) is 0 Å². The smallest absolute Gasteiger partial charge is 0.254 e. The Labute approximate surface area is 136 Å². The molecule has 0 aromatic heterocycles. The second kappa shape index (κ2) is 7.10. The highest BCUT2D eigenvalue weighted by atomic mass is 32.2. The first-order valence-electron chi connectivity index (χ1n) is 7.33. The zero-order valence-corrected chi connectivity index (χ0v) is 14.1. The van der Waals surface area contributed by atoms with Crippen molar-refractivity contribution in [3.63, 3.8) is 0 Å². The van der Waals surface area contributed by atoms with E-state index >= 15 is 0 Å². The minimum absolute atomic E-state index is 0.0259. The molecule has 1 aromatic carbocycles. The molecule has 7 nitrogen and oxygen atoms in total. The second-order valence-electron chi connectivity index (χ2n) is 5.59. The summed E-state index contributed by atoms with van der Waals surface area (Å²) < 4.78 is 23.1. The second-order valence-corrected chi connectivity index (χ2v) is 7.61. The van der Waals surface area contributed by atoms with Gasteiger partial charge >= 0.3 is 0 Å². The molecule has 0 spiro atoms. The van der Waals surface area contributed by atoms with Crippen LogP contribution in [0, 0.1) is 0 Å². The van der Waals surface area contributed by atoms with Crippen molar-refractivity contribution >= 4 is 21.7 Å². The van der Waals surface area contributed by atoms with Crippen LogP contribution >= 0.6 is 0 Å². The van der Waals surface area contributed by atoms with Gasteiger partial charge in [0.1, 0.15) is 0 Å². The van der Waals surface area contributed by atoms with Crippen LogP contribution in [-0.4, -0.2) is 76.1 Å². The van der Waals surface area contributed by atoms with Crippen molar-refractivity contribution in [2.75, 3.05) is 46.0 Å². The summed E-state index contributed by atoms with van der Waals surface area (Å²) in [4.78, 5) is 27.7. The summed E-state index contributed by atoms with van der Waals surface area (Å²) in [5.74, 6) is -0.486. The maximum absolute atomic E-state index is 12.4. The standard InChI is InChI=1S/C15H21N3O4S/c1-17(11-14(19)18-8-6-16-7-9-18)15(20)12-4-3-5-13(10-12)23(2,21)22/h3-5,10,16H,6-9,11H2,1-2H3. The third-order valence-corrected chi connectivity index (χ3v) is 4.81.